The van der Waals surface area contributed by atoms with Crippen molar-refractivity contribution in [3.8, 4) is 17.9 Å². The minimum Gasteiger partial charge on any atom is -0.384 e. The van der Waals surface area contributed by atoms with Gasteiger partial charge in [0.05, 0.1) is 5.56 Å². The average molecular weight is 175 g/mol. The van der Waals surface area contributed by atoms with Gasteiger partial charge in [-0.05, 0) is 18.2 Å². The Labute approximate surface area is 75.2 Å². The Morgan fingerprint density at radius 3 is 2.77 bits per heavy atom. The van der Waals surface area contributed by atoms with Crippen molar-refractivity contribution in [1.29, 1.82) is 5.26 Å². The quantitative estimate of drug-likeness (QED) is 0.599. The van der Waals surface area contributed by atoms with E-state index < -0.39 is 5.82 Å². The Hall–Kier alpha value is -1.84. The lowest BCUT2D eigenvalue weighted by Crippen LogP contribution is -1.86. The second-order valence-corrected chi connectivity index (χ2v) is 2.26. The molecule has 0 atom stereocenters. The Morgan fingerprint density at radius 2 is 2.15 bits per heavy atom. The average Bonchev–Trinajstić information content (AvgIpc) is 2.15. The summed E-state index contributed by atoms with van der Waals surface area (Å²) in [5.41, 5.74) is 0.610. The van der Waals surface area contributed by atoms with Crippen LogP contribution in [0.5, 0.6) is 0 Å². The Bertz CT molecular complexity index is 409. The molecule has 0 aliphatic carbocycles. The molecule has 0 aromatic heterocycles. The molecule has 0 unspecified atom stereocenters. The lowest BCUT2D eigenvalue weighted by molar-refractivity contribution is 0.350. The van der Waals surface area contributed by atoms with Gasteiger partial charge in [-0.3, -0.25) is 0 Å². The second kappa shape index (κ2) is 4.25. The van der Waals surface area contributed by atoms with Crippen molar-refractivity contribution in [3.63, 3.8) is 0 Å². The topological polar surface area (TPSA) is 44.0 Å². The molecule has 0 saturated carbocycles. The maximum absolute atomic E-state index is 12.7. The van der Waals surface area contributed by atoms with E-state index in [0.717, 1.165) is 0 Å². The van der Waals surface area contributed by atoms with Gasteiger partial charge in [-0.15, -0.1) is 0 Å². The molecule has 1 aromatic rings. The molecule has 0 heterocycles. The third-order valence-electron chi connectivity index (χ3n) is 1.40. The first-order valence-corrected chi connectivity index (χ1v) is 3.57. The zero-order valence-electron chi connectivity index (χ0n) is 6.71. The summed E-state index contributed by atoms with van der Waals surface area (Å²) in [6.45, 7) is -0.304. The molecular weight excluding hydrogens is 169 g/mol. The van der Waals surface area contributed by atoms with E-state index in [2.05, 4.69) is 11.8 Å². The van der Waals surface area contributed by atoms with Gasteiger partial charge in [0.15, 0.2) is 0 Å². The summed E-state index contributed by atoms with van der Waals surface area (Å²) in [7, 11) is 0. The van der Waals surface area contributed by atoms with Crippen molar-refractivity contribution >= 4 is 0 Å². The van der Waals surface area contributed by atoms with Crippen molar-refractivity contribution in [2.75, 3.05) is 6.61 Å². The van der Waals surface area contributed by atoms with Gasteiger partial charge in [-0.1, -0.05) is 11.8 Å². The number of hydrogen-bond donors (Lipinski definition) is 1. The van der Waals surface area contributed by atoms with E-state index >= 15 is 0 Å². The van der Waals surface area contributed by atoms with E-state index in [1.54, 1.807) is 0 Å². The number of halogens is 1. The summed E-state index contributed by atoms with van der Waals surface area (Å²) in [5.74, 6) is 4.40. The minimum absolute atomic E-state index is 0.302. The van der Waals surface area contributed by atoms with Gasteiger partial charge in [0, 0.05) is 5.56 Å². The summed E-state index contributed by atoms with van der Waals surface area (Å²) < 4.78 is 12.7. The molecule has 64 valence electrons. The normalized spacial score (nSPS) is 8.38. The largest absolute Gasteiger partial charge is 0.384 e. The first-order valence-electron chi connectivity index (χ1n) is 3.57. The summed E-state index contributed by atoms with van der Waals surface area (Å²) in [6, 6.07) is 5.60. The van der Waals surface area contributed by atoms with Crippen LogP contribution in [0.2, 0.25) is 0 Å². The van der Waals surface area contributed by atoms with Crippen LogP contribution in [0.25, 0.3) is 0 Å². The van der Waals surface area contributed by atoms with Gasteiger partial charge in [0.2, 0.25) is 0 Å². The molecule has 0 saturated heterocycles. The van der Waals surface area contributed by atoms with E-state index in [9.17, 15) is 4.39 Å². The predicted molar refractivity (Wildman–Crippen MR) is 45.1 cm³/mol. The number of aliphatic hydroxyl groups excluding tert-OH is 1. The third-order valence-corrected chi connectivity index (χ3v) is 1.40. The molecule has 0 bridgehead atoms. The number of hydrogen-bond acceptors (Lipinski definition) is 2. The van der Waals surface area contributed by atoms with E-state index in [1.807, 2.05) is 6.07 Å². The predicted octanol–water partition coefficient (Wildman–Crippen LogP) is 1.04. The number of rotatable bonds is 0. The number of benzene rings is 1. The Morgan fingerprint density at radius 1 is 1.38 bits per heavy atom. The van der Waals surface area contributed by atoms with Crippen LogP contribution >= 0.6 is 0 Å². The molecular formula is C10H6FNO. The lowest BCUT2D eigenvalue weighted by Gasteiger charge is -1.93. The van der Waals surface area contributed by atoms with Crippen molar-refractivity contribution < 1.29 is 9.50 Å². The third kappa shape index (κ3) is 2.30. The Kier molecular flexibility index (Phi) is 3.03. The fraction of sp³-hybridized carbons (Fsp3) is 0.100. The first-order chi connectivity index (χ1) is 6.27. The van der Waals surface area contributed by atoms with Crippen LogP contribution in [0, 0.1) is 29.0 Å². The van der Waals surface area contributed by atoms with Crippen molar-refractivity contribution in [2.24, 2.45) is 0 Å². The molecule has 0 spiro atoms. The minimum atomic E-state index is -0.443. The van der Waals surface area contributed by atoms with Crippen LogP contribution in [0.3, 0.4) is 0 Å². The zero-order valence-corrected chi connectivity index (χ0v) is 6.71. The van der Waals surface area contributed by atoms with Crippen molar-refractivity contribution in [1.82, 2.24) is 0 Å². The molecule has 13 heavy (non-hydrogen) atoms. The van der Waals surface area contributed by atoms with Crippen LogP contribution < -0.4 is 0 Å². The van der Waals surface area contributed by atoms with E-state index in [4.69, 9.17) is 10.4 Å². The van der Waals surface area contributed by atoms with Gasteiger partial charge in [0.1, 0.15) is 18.5 Å². The summed E-state index contributed by atoms with van der Waals surface area (Å²) in [5, 5.41) is 17.0. The summed E-state index contributed by atoms with van der Waals surface area (Å²) in [4.78, 5) is 0. The Balaban J connectivity index is 3.18. The highest BCUT2D eigenvalue weighted by Crippen LogP contribution is 2.08. The van der Waals surface area contributed by atoms with E-state index in [0.29, 0.717) is 11.1 Å². The summed E-state index contributed by atoms with van der Waals surface area (Å²) in [6.07, 6.45) is 0. The summed E-state index contributed by atoms with van der Waals surface area (Å²) >= 11 is 0. The molecule has 1 aromatic carbocycles. The fourth-order valence-corrected chi connectivity index (χ4v) is 0.852. The van der Waals surface area contributed by atoms with Crippen LogP contribution in [0.15, 0.2) is 18.2 Å². The highest BCUT2D eigenvalue weighted by atomic mass is 19.1. The van der Waals surface area contributed by atoms with Gasteiger partial charge in [-0.2, -0.15) is 5.26 Å². The van der Waals surface area contributed by atoms with Crippen LogP contribution in [-0.4, -0.2) is 11.7 Å². The molecule has 3 heteroatoms. The van der Waals surface area contributed by atoms with Crippen LogP contribution in [-0.2, 0) is 0 Å². The highest BCUT2D eigenvalue weighted by Gasteiger charge is 1.99. The molecule has 0 amide bonds. The SMILES string of the molecule is N#Cc1ccc(F)cc1C#CCO. The van der Waals surface area contributed by atoms with Crippen LogP contribution in [0.4, 0.5) is 4.39 Å². The van der Waals surface area contributed by atoms with Crippen molar-refractivity contribution in [2.45, 2.75) is 0 Å². The molecule has 2 nitrogen and oxygen atoms in total. The van der Waals surface area contributed by atoms with Gasteiger partial charge < -0.3 is 5.11 Å². The number of nitrogens with zero attached hydrogens (tertiary/aromatic N) is 1. The number of nitriles is 1. The first kappa shape index (κ1) is 9.25. The highest BCUT2D eigenvalue weighted by molar-refractivity contribution is 5.47. The molecule has 0 fully saturated rings. The maximum atomic E-state index is 12.7. The second-order valence-electron chi connectivity index (χ2n) is 2.26. The standard InChI is InChI=1S/C10H6FNO/c11-10-4-3-9(7-12)8(6-10)2-1-5-13/h3-4,6,13H,5H2. The maximum Gasteiger partial charge on any atom is 0.124 e. The van der Waals surface area contributed by atoms with E-state index in [-0.39, 0.29) is 6.61 Å². The molecule has 1 rings (SSSR count). The monoisotopic (exact) mass is 175 g/mol. The molecule has 0 aliphatic heterocycles. The molecule has 1 N–H and O–H groups in total. The van der Waals surface area contributed by atoms with Crippen LogP contribution in [0.1, 0.15) is 11.1 Å². The zero-order chi connectivity index (χ0) is 9.68. The lowest BCUT2D eigenvalue weighted by atomic mass is 10.1. The van der Waals surface area contributed by atoms with Gasteiger partial charge in [-0.25, -0.2) is 4.39 Å². The smallest absolute Gasteiger partial charge is 0.124 e. The van der Waals surface area contributed by atoms with Gasteiger partial charge in [0.25, 0.3) is 0 Å². The fourth-order valence-electron chi connectivity index (χ4n) is 0.852. The van der Waals surface area contributed by atoms with Gasteiger partial charge >= 0.3 is 0 Å². The number of aliphatic hydroxyl groups is 1. The van der Waals surface area contributed by atoms with E-state index in [1.165, 1.54) is 18.2 Å². The molecule has 0 aliphatic rings. The van der Waals surface area contributed by atoms with Crippen molar-refractivity contribution in [3.05, 3.63) is 35.1 Å². The molecule has 0 radical (unpaired) electrons.